The number of hydrogen-bond donors (Lipinski definition) is 1. The van der Waals surface area contributed by atoms with Crippen LogP contribution >= 0.6 is 0 Å². The van der Waals surface area contributed by atoms with Gasteiger partial charge in [0.05, 0.1) is 6.10 Å². The summed E-state index contributed by atoms with van der Waals surface area (Å²) in [5.41, 5.74) is 1.86. The minimum absolute atomic E-state index is 0.0839. The number of amides is 1. The first-order chi connectivity index (χ1) is 15.1. The fourth-order valence-electron chi connectivity index (χ4n) is 4.07. The van der Waals surface area contributed by atoms with Gasteiger partial charge in [-0.2, -0.15) is 0 Å². The summed E-state index contributed by atoms with van der Waals surface area (Å²) >= 11 is 0. The van der Waals surface area contributed by atoms with Crippen molar-refractivity contribution in [2.24, 2.45) is 7.05 Å². The molecular weight excluding hydrogens is 393 g/mol. The standard InChI is InChI=1S/C25H28FN3O2/c1-29-16-15-27-25(29)24(19-10-12-20(26)13-11-19)28-23(30)14-9-18-5-4-8-22(17-18)31-21-6-2-3-7-21/h4-5,8,10-13,15-17,21,24H,2-3,6-7,9,14H2,1H3,(H,28,30). The molecule has 3 aromatic rings. The molecule has 1 amide bonds. The molecule has 1 unspecified atom stereocenters. The molecule has 0 spiro atoms. The summed E-state index contributed by atoms with van der Waals surface area (Å²) in [7, 11) is 1.88. The molecule has 4 rings (SSSR count). The molecule has 0 saturated heterocycles. The summed E-state index contributed by atoms with van der Waals surface area (Å²) in [4.78, 5) is 17.2. The Labute approximate surface area is 182 Å². The summed E-state index contributed by atoms with van der Waals surface area (Å²) in [6, 6.07) is 13.7. The molecule has 1 atom stereocenters. The van der Waals surface area contributed by atoms with Gasteiger partial charge in [-0.1, -0.05) is 24.3 Å². The van der Waals surface area contributed by atoms with E-state index < -0.39 is 6.04 Å². The van der Waals surface area contributed by atoms with E-state index in [1.54, 1.807) is 18.3 Å². The highest BCUT2D eigenvalue weighted by molar-refractivity contribution is 5.77. The number of aromatic nitrogens is 2. The molecule has 1 N–H and O–H groups in total. The van der Waals surface area contributed by atoms with Crippen LogP contribution in [0, 0.1) is 5.82 Å². The molecule has 1 saturated carbocycles. The Balaban J connectivity index is 1.40. The van der Waals surface area contributed by atoms with Crippen LogP contribution in [0.2, 0.25) is 0 Å². The zero-order valence-electron chi connectivity index (χ0n) is 17.8. The first-order valence-corrected chi connectivity index (χ1v) is 10.9. The number of carbonyl (C=O) groups is 1. The highest BCUT2D eigenvalue weighted by Crippen LogP contribution is 2.25. The smallest absolute Gasteiger partial charge is 0.221 e. The minimum Gasteiger partial charge on any atom is -0.490 e. The summed E-state index contributed by atoms with van der Waals surface area (Å²) < 4.78 is 21.3. The van der Waals surface area contributed by atoms with Crippen molar-refractivity contribution in [3.05, 3.63) is 83.7 Å². The molecule has 0 radical (unpaired) electrons. The second-order valence-electron chi connectivity index (χ2n) is 8.12. The molecular formula is C25H28FN3O2. The van der Waals surface area contributed by atoms with Crippen molar-refractivity contribution in [1.29, 1.82) is 0 Å². The SMILES string of the molecule is Cn1ccnc1C(NC(=O)CCc1cccc(OC2CCCC2)c1)c1ccc(F)cc1. The van der Waals surface area contributed by atoms with Crippen LogP contribution in [0.25, 0.3) is 0 Å². The molecule has 2 aromatic carbocycles. The summed E-state index contributed by atoms with van der Waals surface area (Å²) in [5.74, 6) is 1.18. The van der Waals surface area contributed by atoms with Gasteiger partial charge in [-0.15, -0.1) is 0 Å². The average molecular weight is 422 g/mol. The number of carbonyl (C=O) groups excluding carboxylic acids is 1. The fraction of sp³-hybridized carbons (Fsp3) is 0.360. The summed E-state index contributed by atoms with van der Waals surface area (Å²) in [6.45, 7) is 0. The Bertz CT molecular complexity index is 1010. The monoisotopic (exact) mass is 421 g/mol. The second kappa shape index (κ2) is 9.77. The third-order valence-corrected chi connectivity index (χ3v) is 5.77. The number of nitrogens with zero attached hydrogens (tertiary/aromatic N) is 2. The Hall–Kier alpha value is -3.15. The van der Waals surface area contributed by atoms with E-state index in [4.69, 9.17) is 4.74 Å². The van der Waals surface area contributed by atoms with E-state index in [0.717, 1.165) is 29.7 Å². The van der Waals surface area contributed by atoms with E-state index >= 15 is 0 Å². The topological polar surface area (TPSA) is 56.2 Å². The lowest BCUT2D eigenvalue weighted by molar-refractivity contribution is -0.121. The van der Waals surface area contributed by atoms with Crippen LogP contribution in [0.3, 0.4) is 0 Å². The molecule has 0 bridgehead atoms. The summed E-state index contributed by atoms with van der Waals surface area (Å²) in [6.07, 6.45) is 9.48. The van der Waals surface area contributed by atoms with Gasteiger partial charge >= 0.3 is 0 Å². The zero-order chi connectivity index (χ0) is 21.6. The molecule has 1 heterocycles. The first-order valence-electron chi connectivity index (χ1n) is 10.9. The largest absolute Gasteiger partial charge is 0.490 e. The third-order valence-electron chi connectivity index (χ3n) is 5.77. The van der Waals surface area contributed by atoms with Crippen LogP contribution in [0.1, 0.15) is 55.1 Å². The second-order valence-corrected chi connectivity index (χ2v) is 8.12. The van der Waals surface area contributed by atoms with Crippen LogP contribution in [-0.2, 0) is 18.3 Å². The predicted octanol–water partition coefficient (Wildman–Crippen LogP) is 4.72. The number of halogens is 1. The quantitative estimate of drug-likeness (QED) is 0.573. The molecule has 1 aromatic heterocycles. The van der Waals surface area contributed by atoms with Gasteiger partial charge in [-0.05, 0) is 67.5 Å². The average Bonchev–Trinajstić information content (AvgIpc) is 3.43. The van der Waals surface area contributed by atoms with Crippen molar-refractivity contribution in [2.75, 3.05) is 0 Å². The van der Waals surface area contributed by atoms with Crippen LogP contribution in [0.15, 0.2) is 60.9 Å². The first kappa shape index (κ1) is 21.1. The minimum atomic E-state index is -0.440. The Kier molecular flexibility index (Phi) is 6.65. The van der Waals surface area contributed by atoms with Gasteiger partial charge in [0.2, 0.25) is 5.91 Å². The maximum atomic E-state index is 13.4. The normalized spacial score (nSPS) is 15.0. The lowest BCUT2D eigenvalue weighted by Gasteiger charge is -2.19. The fourth-order valence-corrected chi connectivity index (χ4v) is 4.07. The molecule has 1 fully saturated rings. The zero-order valence-corrected chi connectivity index (χ0v) is 17.8. The molecule has 6 heteroatoms. The number of hydrogen-bond acceptors (Lipinski definition) is 3. The van der Waals surface area contributed by atoms with E-state index in [1.165, 1.54) is 25.0 Å². The van der Waals surface area contributed by atoms with E-state index in [1.807, 2.05) is 42.1 Å². The van der Waals surface area contributed by atoms with Gasteiger partial charge < -0.3 is 14.6 Å². The van der Waals surface area contributed by atoms with Gasteiger partial charge in [-0.3, -0.25) is 4.79 Å². The van der Waals surface area contributed by atoms with Crippen molar-refractivity contribution in [3.8, 4) is 5.75 Å². The van der Waals surface area contributed by atoms with Gasteiger partial charge in [0.1, 0.15) is 23.4 Å². The Morgan fingerprint density at radius 1 is 1.23 bits per heavy atom. The number of imidazole rings is 1. The van der Waals surface area contributed by atoms with Crippen LogP contribution in [-0.4, -0.2) is 21.6 Å². The highest BCUT2D eigenvalue weighted by Gasteiger charge is 2.21. The molecule has 1 aliphatic carbocycles. The molecule has 5 nitrogen and oxygen atoms in total. The molecule has 1 aliphatic rings. The summed E-state index contributed by atoms with van der Waals surface area (Å²) in [5, 5.41) is 3.06. The highest BCUT2D eigenvalue weighted by atomic mass is 19.1. The van der Waals surface area contributed by atoms with Crippen LogP contribution in [0.5, 0.6) is 5.75 Å². The number of aryl methyl sites for hydroxylation is 2. The number of nitrogens with one attached hydrogen (secondary N) is 1. The predicted molar refractivity (Wildman–Crippen MR) is 117 cm³/mol. The number of benzene rings is 2. The van der Waals surface area contributed by atoms with Crippen molar-refractivity contribution in [1.82, 2.24) is 14.9 Å². The maximum Gasteiger partial charge on any atom is 0.221 e. The van der Waals surface area contributed by atoms with E-state index in [9.17, 15) is 9.18 Å². The van der Waals surface area contributed by atoms with E-state index in [-0.39, 0.29) is 11.7 Å². The van der Waals surface area contributed by atoms with E-state index in [2.05, 4.69) is 10.3 Å². The molecule has 0 aliphatic heterocycles. The van der Waals surface area contributed by atoms with Gasteiger partial charge in [0, 0.05) is 25.9 Å². The number of ether oxygens (including phenoxy) is 1. The lowest BCUT2D eigenvalue weighted by atomic mass is 10.0. The van der Waals surface area contributed by atoms with Gasteiger partial charge in [-0.25, -0.2) is 9.37 Å². The van der Waals surface area contributed by atoms with Crippen LogP contribution in [0.4, 0.5) is 4.39 Å². The van der Waals surface area contributed by atoms with Crippen molar-refractivity contribution < 1.29 is 13.9 Å². The van der Waals surface area contributed by atoms with Crippen molar-refractivity contribution in [2.45, 2.75) is 50.7 Å². The van der Waals surface area contributed by atoms with E-state index in [0.29, 0.717) is 24.8 Å². The Morgan fingerprint density at radius 2 is 2.00 bits per heavy atom. The lowest BCUT2D eigenvalue weighted by Crippen LogP contribution is -2.31. The van der Waals surface area contributed by atoms with Gasteiger partial charge in [0.25, 0.3) is 0 Å². The maximum absolute atomic E-state index is 13.4. The molecule has 162 valence electrons. The number of rotatable bonds is 8. The van der Waals surface area contributed by atoms with Gasteiger partial charge in [0.15, 0.2) is 0 Å². The third kappa shape index (κ3) is 5.51. The van der Waals surface area contributed by atoms with Crippen molar-refractivity contribution in [3.63, 3.8) is 0 Å². The molecule has 31 heavy (non-hydrogen) atoms. The Morgan fingerprint density at radius 3 is 2.71 bits per heavy atom. The van der Waals surface area contributed by atoms with Crippen LogP contribution < -0.4 is 10.1 Å². The van der Waals surface area contributed by atoms with Crippen molar-refractivity contribution >= 4 is 5.91 Å².